The molecular formula is C16H26N4O2. The standard InChI is InChI=1S/C16H26N4O2/c1-19(2)15-5-4-14(11-17-15)16(21)18-10-13-6-7-20(12-13)8-9-22-3/h4-5,11,13H,6-10,12H2,1-3H3,(H,18,21)/t13-/m1/s1. The molecule has 2 heterocycles. The van der Waals surface area contributed by atoms with Crippen LogP contribution in [0.25, 0.3) is 0 Å². The number of aromatic nitrogens is 1. The first kappa shape index (κ1) is 16.7. The van der Waals surface area contributed by atoms with Crippen molar-refractivity contribution in [2.45, 2.75) is 6.42 Å². The molecule has 1 aliphatic heterocycles. The van der Waals surface area contributed by atoms with Gasteiger partial charge in [0.1, 0.15) is 5.82 Å². The van der Waals surface area contributed by atoms with Crippen LogP contribution >= 0.6 is 0 Å². The fourth-order valence-corrected chi connectivity index (χ4v) is 2.63. The molecule has 6 heteroatoms. The van der Waals surface area contributed by atoms with Crippen LogP contribution in [-0.2, 0) is 4.74 Å². The largest absolute Gasteiger partial charge is 0.383 e. The number of methoxy groups -OCH3 is 1. The highest BCUT2D eigenvalue weighted by Gasteiger charge is 2.22. The lowest BCUT2D eigenvalue weighted by atomic mass is 10.1. The molecule has 1 fully saturated rings. The van der Waals surface area contributed by atoms with Gasteiger partial charge in [-0.25, -0.2) is 4.98 Å². The van der Waals surface area contributed by atoms with Crippen molar-refractivity contribution in [3.05, 3.63) is 23.9 Å². The maximum atomic E-state index is 12.1. The van der Waals surface area contributed by atoms with Gasteiger partial charge < -0.3 is 19.9 Å². The predicted molar refractivity (Wildman–Crippen MR) is 87.3 cm³/mol. The second-order valence-electron chi connectivity index (χ2n) is 5.96. The maximum absolute atomic E-state index is 12.1. The topological polar surface area (TPSA) is 57.7 Å². The average Bonchev–Trinajstić information content (AvgIpc) is 2.98. The highest BCUT2D eigenvalue weighted by molar-refractivity contribution is 5.94. The Morgan fingerprint density at radius 2 is 2.32 bits per heavy atom. The highest BCUT2D eigenvalue weighted by Crippen LogP contribution is 2.15. The number of carbonyl (C=O) groups excluding carboxylic acids is 1. The number of anilines is 1. The lowest BCUT2D eigenvalue weighted by Crippen LogP contribution is -2.31. The van der Waals surface area contributed by atoms with Gasteiger partial charge in [-0.15, -0.1) is 0 Å². The van der Waals surface area contributed by atoms with Crippen LogP contribution in [-0.4, -0.2) is 69.8 Å². The fourth-order valence-electron chi connectivity index (χ4n) is 2.63. The molecule has 2 rings (SSSR count). The third-order valence-corrected chi connectivity index (χ3v) is 4.00. The summed E-state index contributed by atoms with van der Waals surface area (Å²) < 4.78 is 5.10. The van der Waals surface area contributed by atoms with E-state index in [9.17, 15) is 4.79 Å². The van der Waals surface area contributed by atoms with E-state index in [4.69, 9.17) is 4.74 Å². The molecule has 1 atom stereocenters. The summed E-state index contributed by atoms with van der Waals surface area (Å²) in [6, 6.07) is 3.67. The molecular weight excluding hydrogens is 280 g/mol. The number of likely N-dealkylation sites (tertiary alicyclic amines) is 1. The van der Waals surface area contributed by atoms with E-state index in [2.05, 4.69) is 15.2 Å². The number of rotatable bonds is 7. The number of ether oxygens (including phenoxy) is 1. The summed E-state index contributed by atoms with van der Waals surface area (Å²) in [6.07, 6.45) is 2.76. The van der Waals surface area contributed by atoms with Crippen LogP contribution in [0.1, 0.15) is 16.8 Å². The van der Waals surface area contributed by atoms with E-state index in [1.807, 2.05) is 31.1 Å². The number of carbonyl (C=O) groups is 1. The quantitative estimate of drug-likeness (QED) is 0.809. The summed E-state index contributed by atoms with van der Waals surface area (Å²) in [5.74, 6) is 1.32. The third-order valence-electron chi connectivity index (χ3n) is 4.00. The van der Waals surface area contributed by atoms with Crippen LogP contribution in [0.2, 0.25) is 0 Å². The molecule has 0 aliphatic carbocycles. The van der Waals surface area contributed by atoms with Gasteiger partial charge in [0.15, 0.2) is 0 Å². The van der Waals surface area contributed by atoms with Crippen LogP contribution in [0.5, 0.6) is 0 Å². The third kappa shape index (κ3) is 4.68. The Labute approximate surface area is 132 Å². The molecule has 0 spiro atoms. The number of nitrogens with zero attached hydrogens (tertiary/aromatic N) is 3. The zero-order valence-corrected chi connectivity index (χ0v) is 13.7. The molecule has 122 valence electrons. The van der Waals surface area contributed by atoms with E-state index < -0.39 is 0 Å². The van der Waals surface area contributed by atoms with Crippen LogP contribution in [0.4, 0.5) is 5.82 Å². The van der Waals surface area contributed by atoms with Crippen LogP contribution in [0.3, 0.4) is 0 Å². The molecule has 0 unspecified atom stereocenters. The van der Waals surface area contributed by atoms with E-state index in [1.54, 1.807) is 13.3 Å². The normalized spacial score (nSPS) is 18.4. The van der Waals surface area contributed by atoms with Crippen LogP contribution < -0.4 is 10.2 Å². The van der Waals surface area contributed by atoms with Gasteiger partial charge in [0, 0.05) is 47.0 Å². The molecule has 1 N–H and O–H groups in total. The number of hydrogen-bond acceptors (Lipinski definition) is 5. The molecule has 0 saturated carbocycles. The second kappa shape index (κ2) is 8.10. The summed E-state index contributed by atoms with van der Waals surface area (Å²) in [5, 5.41) is 3.02. The molecule has 0 aromatic carbocycles. The van der Waals surface area contributed by atoms with Gasteiger partial charge in [0.2, 0.25) is 0 Å². The van der Waals surface area contributed by atoms with Crippen molar-refractivity contribution < 1.29 is 9.53 Å². The predicted octanol–water partition coefficient (Wildman–Crippen LogP) is 0.846. The van der Waals surface area contributed by atoms with E-state index in [1.165, 1.54) is 0 Å². The first-order chi connectivity index (χ1) is 10.6. The van der Waals surface area contributed by atoms with Gasteiger partial charge in [-0.3, -0.25) is 4.79 Å². The minimum atomic E-state index is -0.0480. The fraction of sp³-hybridized carbons (Fsp3) is 0.625. The van der Waals surface area contributed by atoms with E-state index in [0.29, 0.717) is 11.5 Å². The zero-order chi connectivity index (χ0) is 15.9. The van der Waals surface area contributed by atoms with Crippen molar-refractivity contribution in [1.82, 2.24) is 15.2 Å². The molecule has 0 radical (unpaired) electrons. The van der Waals surface area contributed by atoms with E-state index in [-0.39, 0.29) is 5.91 Å². The molecule has 1 aliphatic rings. The second-order valence-corrected chi connectivity index (χ2v) is 5.96. The summed E-state index contributed by atoms with van der Waals surface area (Å²) in [7, 11) is 5.58. The number of amides is 1. The Kier molecular flexibility index (Phi) is 6.15. The van der Waals surface area contributed by atoms with E-state index in [0.717, 1.165) is 45.0 Å². The van der Waals surface area contributed by atoms with Gasteiger partial charge in [-0.1, -0.05) is 0 Å². The van der Waals surface area contributed by atoms with Crippen LogP contribution in [0, 0.1) is 5.92 Å². The smallest absolute Gasteiger partial charge is 0.252 e. The Hall–Kier alpha value is -1.66. The first-order valence-corrected chi connectivity index (χ1v) is 7.73. The molecule has 1 saturated heterocycles. The van der Waals surface area contributed by atoms with Gasteiger partial charge in [0.05, 0.1) is 12.2 Å². The molecule has 6 nitrogen and oxygen atoms in total. The maximum Gasteiger partial charge on any atom is 0.252 e. The van der Waals surface area contributed by atoms with Crippen molar-refractivity contribution >= 4 is 11.7 Å². The Morgan fingerprint density at radius 3 is 2.95 bits per heavy atom. The van der Waals surface area contributed by atoms with Crippen molar-refractivity contribution in [3.8, 4) is 0 Å². The Bertz CT molecular complexity index is 476. The minimum absolute atomic E-state index is 0.0480. The van der Waals surface area contributed by atoms with Crippen molar-refractivity contribution in [2.24, 2.45) is 5.92 Å². The van der Waals surface area contributed by atoms with Gasteiger partial charge in [-0.2, -0.15) is 0 Å². The lowest BCUT2D eigenvalue weighted by Gasteiger charge is -2.15. The lowest BCUT2D eigenvalue weighted by molar-refractivity contribution is 0.0946. The SMILES string of the molecule is COCCN1CC[C@H](CNC(=O)c2ccc(N(C)C)nc2)C1. The summed E-state index contributed by atoms with van der Waals surface area (Å²) in [5.41, 5.74) is 0.611. The zero-order valence-electron chi connectivity index (χ0n) is 13.7. The van der Waals surface area contributed by atoms with Crippen molar-refractivity contribution in [3.63, 3.8) is 0 Å². The molecule has 1 aromatic rings. The first-order valence-electron chi connectivity index (χ1n) is 7.73. The summed E-state index contributed by atoms with van der Waals surface area (Å²) >= 11 is 0. The highest BCUT2D eigenvalue weighted by atomic mass is 16.5. The van der Waals surface area contributed by atoms with Gasteiger partial charge in [0.25, 0.3) is 5.91 Å². The van der Waals surface area contributed by atoms with E-state index >= 15 is 0 Å². The van der Waals surface area contributed by atoms with Gasteiger partial charge in [-0.05, 0) is 31.0 Å². The minimum Gasteiger partial charge on any atom is -0.383 e. The van der Waals surface area contributed by atoms with Gasteiger partial charge >= 0.3 is 0 Å². The molecule has 1 aromatic heterocycles. The molecule has 0 bridgehead atoms. The van der Waals surface area contributed by atoms with Crippen molar-refractivity contribution in [1.29, 1.82) is 0 Å². The summed E-state index contributed by atoms with van der Waals surface area (Å²) in [6.45, 7) is 4.57. The average molecular weight is 306 g/mol. The molecule has 1 amide bonds. The number of nitrogens with one attached hydrogen (secondary N) is 1. The van der Waals surface area contributed by atoms with Crippen molar-refractivity contribution in [2.75, 3.05) is 58.9 Å². The number of pyridine rings is 1. The number of hydrogen-bond donors (Lipinski definition) is 1. The Morgan fingerprint density at radius 1 is 1.50 bits per heavy atom. The Balaban J connectivity index is 1.76. The molecule has 22 heavy (non-hydrogen) atoms. The van der Waals surface area contributed by atoms with Crippen LogP contribution in [0.15, 0.2) is 18.3 Å². The summed E-state index contributed by atoms with van der Waals surface area (Å²) in [4.78, 5) is 20.7. The monoisotopic (exact) mass is 306 g/mol.